The van der Waals surface area contributed by atoms with Crippen molar-refractivity contribution < 1.29 is 28.6 Å². The number of para-hydroxylation sites is 1. The molecule has 1 unspecified atom stereocenters. The second-order valence-electron chi connectivity index (χ2n) is 9.41. The number of Topliss-reactive ketones (excluding diaryl/α,β-unsaturated/α-hetero) is 1. The molecule has 0 radical (unpaired) electrons. The first kappa shape index (κ1) is 24.4. The number of nitrogens with zero attached hydrogens (tertiary/aromatic N) is 1. The number of anilines is 1. The Morgan fingerprint density at radius 2 is 1.67 bits per heavy atom. The number of benzene rings is 4. The predicted octanol–water partition coefficient (Wildman–Crippen LogP) is 6.57. The monoisotopic (exact) mass is 521 g/mol. The van der Waals surface area contributed by atoms with Crippen molar-refractivity contribution in [2.45, 2.75) is 18.9 Å². The molecule has 1 amide bonds. The van der Waals surface area contributed by atoms with Crippen LogP contribution in [0.4, 0.5) is 10.1 Å². The number of hydrogen-bond acceptors (Lipinski definition) is 5. The van der Waals surface area contributed by atoms with Crippen molar-refractivity contribution in [1.29, 1.82) is 0 Å². The van der Waals surface area contributed by atoms with Gasteiger partial charge in [0.15, 0.2) is 0 Å². The van der Waals surface area contributed by atoms with Crippen LogP contribution in [0.15, 0.2) is 103 Å². The van der Waals surface area contributed by atoms with Gasteiger partial charge in [0, 0.05) is 11.3 Å². The van der Waals surface area contributed by atoms with Crippen LogP contribution >= 0.6 is 0 Å². The molecule has 0 saturated carbocycles. The molecule has 0 aliphatic carbocycles. The number of hydrogen-bond donors (Lipinski definition) is 1. The summed E-state index contributed by atoms with van der Waals surface area (Å²) in [5.74, 6) is -0.541. The van der Waals surface area contributed by atoms with Crippen molar-refractivity contribution in [2.75, 3.05) is 11.5 Å². The first-order valence-corrected chi connectivity index (χ1v) is 12.6. The first-order chi connectivity index (χ1) is 19.0. The van der Waals surface area contributed by atoms with Gasteiger partial charge in [-0.2, -0.15) is 0 Å². The van der Waals surface area contributed by atoms with E-state index in [0.29, 0.717) is 34.9 Å². The molecule has 2 aliphatic rings. The molecule has 4 aromatic rings. The molecule has 4 aromatic carbocycles. The number of ether oxygens (including phenoxy) is 2. The van der Waals surface area contributed by atoms with Gasteiger partial charge in [0.05, 0.1) is 18.2 Å². The number of amides is 1. The van der Waals surface area contributed by atoms with Gasteiger partial charge in [0.25, 0.3) is 11.7 Å². The van der Waals surface area contributed by atoms with Crippen LogP contribution in [0.25, 0.3) is 5.76 Å². The van der Waals surface area contributed by atoms with Crippen molar-refractivity contribution in [3.05, 3.63) is 125 Å². The Hall–Kier alpha value is -4.91. The third-order valence-corrected chi connectivity index (χ3v) is 6.88. The van der Waals surface area contributed by atoms with Crippen molar-refractivity contribution in [3.63, 3.8) is 0 Å². The van der Waals surface area contributed by atoms with Crippen molar-refractivity contribution >= 4 is 23.1 Å². The number of carbonyl (C=O) groups is 2. The molecular weight excluding hydrogens is 497 g/mol. The molecule has 6 nitrogen and oxygen atoms in total. The number of aliphatic hydroxyl groups is 1. The van der Waals surface area contributed by atoms with Crippen LogP contribution in [-0.2, 0) is 16.0 Å². The molecule has 1 fully saturated rings. The van der Waals surface area contributed by atoms with E-state index in [1.54, 1.807) is 42.5 Å². The zero-order valence-corrected chi connectivity index (χ0v) is 20.8. The minimum absolute atomic E-state index is 0.0575. The Bertz CT molecular complexity index is 1600. The number of ketones is 1. The van der Waals surface area contributed by atoms with Gasteiger partial charge in [-0.1, -0.05) is 30.3 Å². The van der Waals surface area contributed by atoms with Crippen LogP contribution in [0.1, 0.15) is 29.2 Å². The molecule has 1 saturated heterocycles. The molecule has 2 aliphatic heterocycles. The van der Waals surface area contributed by atoms with Gasteiger partial charge in [-0.25, -0.2) is 4.39 Å². The van der Waals surface area contributed by atoms with Crippen molar-refractivity contribution in [3.8, 4) is 17.2 Å². The van der Waals surface area contributed by atoms with Gasteiger partial charge in [-0.05, 0) is 90.7 Å². The van der Waals surface area contributed by atoms with E-state index in [-0.39, 0.29) is 11.3 Å². The van der Waals surface area contributed by atoms with E-state index < -0.39 is 23.5 Å². The summed E-state index contributed by atoms with van der Waals surface area (Å²) < 4.78 is 25.4. The number of carbonyl (C=O) groups excluding carboxylic acids is 2. The van der Waals surface area contributed by atoms with E-state index in [9.17, 15) is 19.1 Å². The SMILES string of the molecule is O=C1C(=O)N(c2ccc(F)cc2)C(c2cccc(Oc3ccccc3)c2)/C1=C(/O)c1ccc2c(c1)CCCO2. The summed E-state index contributed by atoms with van der Waals surface area (Å²) in [7, 11) is 0. The fourth-order valence-corrected chi connectivity index (χ4v) is 5.05. The maximum atomic E-state index is 13.7. The number of fused-ring (bicyclic) bond motifs is 1. The van der Waals surface area contributed by atoms with Crippen LogP contribution in [-0.4, -0.2) is 23.4 Å². The fraction of sp³-hybridized carbons (Fsp3) is 0.125. The van der Waals surface area contributed by atoms with E-state index in [2.05, 4.69) is 0 Å². The van der Waals surface area contributed by atoms with Gasteiger partial charge >= 0.3 is 0 Å². The largest absolute Gasteiger partial charge is 0.507 e. The third-order valence-electron chi connectivity index (χ3n) is 6.88. The minimum atomic E-state index is -0.970. The van der Waals surface area contributed by atoms with Gasteiger partial charge in [0.1, 0.15) is 28.8 Å². The lowest BCUT2D eigenvalue weighted by atomic mass is 9.93. The molecule has 0 aromatic heterocycles. The van der Waals surface area contributed by atoms with Gasteiger partial charge in [-0.15, -0.1) is 0 Å². The van der Waals surface area contributed by atoms with E-state index in [1.807, 2.05) is 30.3 Å². The van der Waals surface area contributed by atoms with Gasteiger partial charge in [-0.3, -0.25) is 14.5 Å². The van der Waals surface area contributed by atoms with Crippen molar-refractivity contribution in [1.82, 2.24) is 0 Å². The van der Waals surface area contributed by atoms with E-state index in [1.165, 1.54) is 29.2 Å². The molecule has 7 heteroatoms. The Balaban J connectivity index is 1.49. The Kier molecular flexibility index (Phi) is 6.32. The summed E-state index contributed by atoms with van der Waals surface area (Å²) in [6.45, 7) is 0.627. The summed E-state index contributed by atoms with van der Waals surface area (Å²) in [4.78, 5) is 28.2. The number of rotatable bonds is 5. The molecule has 0 spiro atoms. The number of aliphatic hydroxyl groups excluding tert-OH is 1. The summed E-state index contributed by atoms with van der Waals surface area (Å²) in [6, 6.07) is 25.8. The highest BCUT2D eigenvalue weighted by Gasteiger charge is 2.47. The van der Waals surface area contributed by atoms with Crippen molar-refractivity contribution in [2.24, 2.45) is 0 Å². The zero-order chi connectivity index (χ0) is 26.9. The lowest BCUT2D eigenvalue weighted by Gasteiger charge is -2.26. The minimum Gasteiger partial charge on any atom is -0.507 e. The zero-order valence-electron chi connectivity index (χ0n) is 20.8. The molecule has 0 bridgehead atoms. The summed E-state index contributed by atoms with van der Waals surface area (Å²) in [5.41, 5.74) is 2.16. The Labute approximate surface area is 224 Å². The molecule has 194 valence electrons. The maximum Gasteiger partial charge on any atom is 0.300 e. The second-order valence-corrected chi connectivity index (χ2v) is 9.41. The standard InChI is InChI=1S/C32H24FNO5/c33-23-12-14-24(15-13-23)34-29(21-6-4-10-26(19-21)39-25-8-2-1-3-9-25)28(31(36)32(34)37)30(35)22-11-16-27-20(18-22)7-5-17-38-27/h1-4,6,8-16,18-19,29,35H,5,7,17H2/b30-28-. The maximum absolute atomic E-state index is 13.7. The predicted molar refractivity (Wildman–Crippen MR) is 144 cm³/mol. The summed E-state index contributed by atoms with van der Waals surface area (Å²) in [6.07, 6.45) is 1.63. The molecule has 6 rings (SSSR count). The lowest BCUT2D eigenvalue weighted by Crippen LogP contribution is -2.29. The molecule has 2 heterocycles. The van der Waals surface area contributed by atoms with Crippen LogP contribution in [0.2, 0.25) is 0 Å². The Morgan fingerprint density at radius 1 is 0.897 bits per heavy atom. The van der Waals surface area contributed by atoms with E-state index in [0.717, 1.165) is 24.2 Å². The number of aryl methyl sites for hydroxylation is 1. The molecule has 39 heavy (non-hydrogen) atoms. The topological polar surface area (TPSA) is 76.1 Å². The molecule has 1 atom stereocenters. The van der Waals surface area contributed by atoms with E-state index >= 15 is 0 Å². The first-order valence-electron chi connectivity index (χ1n) is 12.6. The average molecular weight is 522 g/mol. The average Bonchev–Trinajstić information content (AvgIpc) is 3.23. The van der Waals surface area contributed by atoms with Gasteiger partial charge in [0.2, 0.25) is 0 Å². The molecular formula is C32H24FNO5. The quantitative estimate of drug-likeness (QED) is 0.183. The highest BCUT2D eigenvalue weighted by molar-refractivity contribution is 6.51. The second kappa shape index (κ2) is 10.1. The summed E-state index contributed by atoms with van der Waals surface area (Å²) >= 11 is 0. The Morgan fingerprint density at radius 3 is 2.46 bits per heavy atom. The lowest BCUT2D eigenvalue weighted by molar-refractivity contribution is -0.132. The normalized spacial score (nSPS) is 18.0. The van der Waals surface area contributed by atoms with Crippen LogP contribution in [0, 0.1) is 5.82 Å². The number of halogens is 1. The highest BCUT2D eigenvalue weighted by atomic mass is 19.1. The third kappa shape index (κ3) is 4.63. The highest BCUT2D eigenvalue weighted by Crippen LogP contribution is 2.43. The van der Waals surface area contributed by atoms with Gasteiger partial charge < -0.3 is 14.6 Å². The van der Waals surface area contributed by atoms with E-state index in [4.69, 9.17) is 9.47 Å². The van der Waals surface area contributed by atoms with Crippen LogP contribution in [0.3, 0.4) is 0 Å². The van der Waals surface area contributed by atoms with Crippen LogP contribution < -0.4 is 14.4 Å². The smallest absolute Gasteiger partial charge is 0.300 e. The fourth-order valence-electron chi connectivity index (χ4n) is 5.05. The molecule has 1 N–H and O–H groups in total. The van der Waals surface area contributed by atoms with Crippen LogP contribution in [0.5, 0.6) is 17.2 Å². The summed E-state index contributed by atoms with van der Waals surface area (Å²) in [5, 5.41) is 11.5.